The Kier molecular flexibility index (Phi) is 5.26. The molecule has 0 aliphatic carbocycles. The molecule has 0 radical (unpaired) electrons. The van der Waals surface area contributed by atoms with Crippen LogP contribution in [-0.4, -0.2) is 34.7 Å². The van der Waals surface area contributed by atoms with Crippen LogP contribution in [0.15, 0.2) is 24.3 Å². The summed E-state index contributed by atoms with van der Waals surface area (Å²) in [5, 5.41) is 3.68. The molecule has 4 heteroatoms. The predicted molar refractivity (Wildman–Crippen MR) is 102 cm³/mol. The van der Waals surface area contributed by atoms with Crippen molar-refractivity contribution < 1.29 is 9.53 Å². The molecule has 1 N–H and O–H groups in total. The van der Waals surface area contributed by atoms with Gasteiger partial charge in [0.15, 0.2) is 0 Å². The van der Waals surface area contributed by atoms with Gasteiger partial charge in [-0.15, -0.1) is 0 Å². The Bertz CT molecular complexity index is 577. The fourth-order valence-corrected chi connectivity index (χ4v) is 4.20. The van der Waals surface area contributed by atoms with Crippen LogP contribution < -0.4 is 5.32 Å². The lowest BCUT2D eigenvalue weighted by atomic mass is 9.97. The highest BCUT2D eigenvalue weighted by Crippen LogP contribution is 2.37. The highest BCUT2D eigenvalue weighted by atomic mass is 16.6. The van der Waals surface area contributed by atoms with Crippen molar-refractivity contribution in [3.8, 4) is 0 Å². The second-order valence-corrected chi connectivity index (χ2v) is 8.53. The Hall–Kier alpha value is -1.71. The first-order chi connectivity index (χ1) is 11.9. The van der Waals surface area contributed by atoms with Gasteiger partial charge in [0.1, 0.15) is 5.60 Å². The van der Waals surface area contributed by atoms with E-state index in [0.29, 0.717) is 18.1 Å². The average molecular weight is 344 g/mol. The van der Waals surface area contributed by atoms with Gasteiger partial charge in [0.05, 0.1) is 0 Å². The van der Waals surface area contributed by atoms with E-state index in [1.54, 1.807) is 0 Å². The van der Waals surface area contributed by atoms with Crippen LogP contribution in [-0.2, 0) is 11.2 Å². The first-order valence-corrected chi connectivity index (χ1v) is 9.72. The van der Waals surface area contributed by atoms with Gasteiger partial charge >= 0.3 is 6.09 Å². The summed E-state index contributed by atoms with van der Waals surface area (Å²) < 4.78 is 5.61. The largest absolute Gasteiger partial charge is 0.444 e. The van der Waals surface area contributed by atoms with Crippen LogP contribution in [0, 0.1) is 0 Å². The second-order valence-electron chi connectivity index (χ2n) is 8.53. The van der Waals surface area contributed by atoms with Gasteiger partial charge in [0.25, 0.3) is 0 Å². The van der Waals surface area contributed by atoms with Crippen molar-refractivity contribution in [2.24, 2.45) is 0 Å². The van der Waals surface area contributed by atoms with Crippen LogP contribution in [0.3, 0.4) is 0 Å². The van der Waals surface area contributed by atoms with E-state index >= 15 is 0 Å². The molecule has 138 valence electrons. The molecule has 2 unspecified atom stereocenters. The van der Waals surface area contributed by atoms with E-state index in [1.807, 2.05) is 25.7 Å². The van der Waals surface area contributed by atoms with Crippen LogP contribution in [0.5, 0.6) is 0 Å². The lowest BCUT2D eigenvalue weighted by Crippen LogP contribution is -2.51. The summed E-state index contributed by atoms with van der Waals surface area (Å²) in [4.78, 5) is 14.5. The number of nitrogens with zero attached hydrogens (tertiary/aromatic N) is 1. The maximum atomic E-state index is 12.5. The monoisotopic (exact) mass is 344 g/mol. The molecule has 2 bridgehead atoms. The Balaban J connectivity index is 1.59. The molecular formula is C21H32N2O2. The van der Waals surface area contributed by atoms with Gasteiger partial charge in [-0.3, -0.25) is 0 Å². The fraction of sp³-hybridized carbons (Fsp3) is 0.667. The van der Waals surface area contributed by atoms with Crippen molar-refractivity contribution in [1.82, 2.24) is 4.90 Å². The minimum absolute atomic E-state index is 0.137. The molecule has 25 heavy (non-hydrogen) atoms. The molecule has 2 aliphatic heterocycles. The lowest BCUT2D eigenvalue weighted by molar-refractivity contribution is 0.00684. The van der Waals surface area contributed by atoms with E-state index in [1.165, 1.54) is 17.7 Å². The number of ether oxygens (including phenoxy) is 1. The van der Waals surface area contributed by atoms with Crippen molar-refractivity contribution >= 4 is 11.8 Å². The summed E-state index contributed by atoms with van der Waals surface area (Å²) in [6, 6.07) is 9.87. The molecular weight excluding hydrogens is 312 g/mol. The number of rotatable bonds is 4. The van der Waals surface area contributed by atoms with E-state index in [-0.39, 0.29) is 6.09 Å². The maximum Gasteiger partial charge on any atom is 0.410 e. The van der Waals surface area contributed by atoms with E-state index in [0.717, 1.165) is 32.1 Å². The molecule has 4 nitrogen and oxygen atoms in total. The van der Waals surface area contributed by atoms with Gasteiger partial charge in [-0.05, 0) is 70.6 Å². The average Bonchev–Trinajstić information content (AvgIpc) is 2.80. The van der Waals surface area contributed by atoms with E-state index in [4.69, 9.17) is 4.74 Å². The van der Waals surface area contributed by atoms with Crippen LogP contribution in [0.2, 0.25) is 0 Å². The number of aryl methyl sites for hydroxylation is 1. The summed E-state index contributed by atoms with van der Waals surface area (Å²) in [6.45, 7) is 8.01. The molecule has 2 aliphatic rings. The quantitative estimate of drug-likeness (QED) is 0.837. The van der Waals surface area contributed by atoms with Gasteiger partial charge in [0.2, 0.25) is 0 Å². The highest BCUT2D eigenvalue weighted by molar-refractivity contribution is 5.69. The van der Waals surface area contributed by atoms with Crippen LogP contribution in [0.4, 0.5) is 10.5 Å². The van der Waals surface area contributed by atoms with Gasteiger partial charge in [-0.25, -0.2) is 4.79 Å². The molecule has 0 aromatic heterocycles. The minimum atomic E-state index is -0.425. The van der Waals surface area contributed by atoms with Crippen molar-refractivity contribution in [2.75, 3.05) is 5.32 Å². The van der Waals surface area contributed by atoms with E-state index < -0.39 is 5.60 Å². The number of hydrogen-bond acceptors (Lipinski definition) is 3. The number of anilines is 1. The molecule has 2 heterocycles. The van der Waals surface area contributed by atoms with Gasteiger partial charge < -0.3 is 15.0 Å². The summed E-state index contributed by atoms with van der Waals surface area (Å²) in [5.41, 5.74) is 2.16. The zero-order valence-electron chi connectivity index (χ0n) is 16.0. The fourth-order valence-electron chi connectivity index (χ4n) is 4.20. The smallest absolute Gasteiger partial charge is 0.410 e. The Morgan fingerprint density at radius 3 is 2.28 bits per heavy atom. The summed E-state index contributed by atoms with van der Waals surface area (Å²) in [5.74, 6) is 0. The van der Waals surface area contributed by atoms with Gasteiger partial charge in [-0.1, -0.05) is 25.5 Å². The normalized spacial score (nSPS) is 25.8. The van der Waals surface area contributed by atoms with Crippen LogP contribution >= 0.6 is 0 Å². The number of piperidine rings is 1. The second kappa shape index (κ2) is 7.27. The third-order valence-electron chi connectivity index (χ3n) is 5.20. The Morgan fingerprint density at radius 1 is 1.16 bits per heavy atom. The van der Waals surface area contributed by atoms with Crippen molar-refractivity contribution in [2.45, 2.75) is 89.9 Å². The Labute approximate surface area is 151 Å². The minimum Gasteiger partial charge on any atom is -0.444 e. The number of hydrogen-bond donors (Lipinski definition) is 1. The third kappa shape index (κ3) is 4.47. The first-order valence-electron chi connectivity index (χ1n) is 9.72. The molecule has 1 aromatic rings. The molecule has 2 saturated heterocycles. The lowest BCUT2D eigenvalue weighted by Gasteiger charge is -2.40. The number of carbonyl (C=O) groups is 1. The van der Waals surface area contributed by atoms with E-state index in [9.17, 15) is 4.79 Å². The third-order valence-corrected chi connectivity index (χ3v) is 5.20. The number of carbonyl (C=O) groups excluding carboxylic acids is 1. The van der Waals surface area contributed by atoms with Crippen molar-refractivity contribution in [3.05, 3.63) is 29.8 Å². The SMILES string of the molecule is CCCc1ccc(NC2CC3CCC(C2)N3C(=O)OC(C)(C)C)cc1. The van der Waals surface area contributed by atoms with Crippen molar-refractivity contribution in [1.29, 1.82) is 0 Å². The molecule has 3 rings (SSSR count). The predicted octanol–water partition coefficient (Wildman–Crippen LogP) is 4.98. The summed E-state index contributed by atoms with van der Waals surface area (Å²) in [7, 11) is 0. The molecule has 2 fully saturated rings. The van der Waals surface area contributed by atoms with E-state index in [2.05, 4.69) is 36.5 Å². The zero-order chi connectivity index (χ0) is 18.0. The number of fused-ring (bicyclic) bond motifs is 2. The first kappa shape index (κ1) is 18.1. The van der Waals surface area contributed by atoms with Crippen LogP contribution in [0.25, 0.3) is 0 Å². The standard InChI is InChI=1S/C21H32N2O2/c1-5-6-15-7-9-16(10-8-15)22-17-13-18-11-12-19(14-17)23(18)20(24)25-21(2,3)4/h7-10,17-19,22H,5-6,11-14H2,1-4H3. The van der Waals surface area contributed by atoms with Crippen molar-refractivity contribution in [3.63, 3.8) is 0 Å². The zero-order valence-corrected chi connectivity index (χ0v) is 16.0. The maximum absolute atomic E-state index is 12.5. The molecule has 1 amide bonds. The molecule has 1 aromatic carbocycles. The van der Waals surface area contributed by atoms with Crippen LogP contribution in [0.1, 0.15) is 65.4 Å². The summed E-state index contributed by atoms with van der Waals surface area (Å²) in [6.07, 6.45) is 6.38. The Morgan fingerprint density at radius 2 is 1.76 bits per heavy atom. The highest BCUT2D eigenvalue weighted by Gasteiger charge is 2.44. The number of amides is 1. The van der Waals surface area contributed by atoms with Gasteiger partial charge in [0, 0.05) is 23.8 Å². The van der Waals surface area contributed by atoms with Gasteiger partial charge in [-0.2, -0.15) is 0 Å². The molecule has 0 saturated carbocycles. The number of benzene rings is 1. The number of nitrogens with one attached hydrogen (secondary N) is 1. The topological polar surface area (TPSA) is 41.6 Å². The molecule has 0 spiro atoms. The molecule has 2 atom stereocenters. The summed E-state index contributed by atoms with van der Waals surface area (Å²) >= 11 is 0.